The Balaban J connectivity index is 0.000000180. The lowest BCUT2D eigenvalue weighted by Gasteiger charge is -2.06. The summed E-state index contributed by atoms with van der Waals surface area (Å²) in [4.78, 5) is 13.9. The van der Waals surface area contributed by atoms with Crippen molar-refractivity contribution in [3.8, 4) is 0 Å². The second-order valence-electron chi connectivity index (χ2n) is 4.01. The topological polar surface area (TPSA) is 39.2 Å². The zero-order valence-electron chi connectivity index (χ0n) is 10.8. The Morgan fingerprint density at radius 3 is 2.89 bits per heavy atom. The third-order valence-corrected chi connectivity index (χ3v) is 3.30. The van der Waals surface area contributed by atoms with Crippen molar-refractivity contribution < 1.29 is 9.53 Å². The smallest absolute Gasteiger partial charge is 0.293 e. The molecule has 2 aromatic rings. The highest BCUT2D eigenvalue weighted by molar-refractivity contribution is 7.16. The highest BCUT2D eigenvalue weighted by Crippen LogP contribution is 2.15. The van der Waals surface area contributed by atoms with Gasteiger partial charge in [0.25, 0.3) is 6.47 Å². The number of hydrogen-bond acceptors (Lipinski definition) is 4. The summed E-state index contributed by atoms with van der Waals surface area (Å²) in [5.74, 6) is 0. The monoisotopic (exact) mass is 265 g/mol. The van der Waals surface area contributed by atoms with Crippen LogP contribution < -0.4 is 0 Å². The molecule has 1 unspecified atom stereocenters. The lowest BCUT2D eigenvalue weighted by molar-refractivity contribution is -0.133. The average Bonchev–Trinajstić information content (AvgIpc) is 2.86. The first-order valence-electron chi connectivity index (χ1n) is 6.15. The zero-order valence-corrected chi connectivity index (χ0v) is 11.7. The summed E-state index contributed by atoms with van der Waals surface area (Å²) in [5.41, 5.74) is 2.97. The molecule has 18 heavy (non-hydrogen) atoms. The maximum absolute atomic E-state index is 9.76. The van der Waals surface area contributed by atoms with Crippen molar-refractivity contribution in [2.45, 2.75) is 39.2 Å². The Bertz CT molecular complexity index is 426. The number of unbranched alkanes of at least 4 members (excludes halogenated alkanes) is 1. The van der Waals surface area contributed by atoms with E-state index in [-0.39, 0.29) is 6.10 Å². The molecule has 0 spiro atoms. The number of aromatic nitrogens is 1. The summed E-state index contributed by atoms with van der Waals surface area (Å²) in [7, 11) is 0. The highest BCUT2D eigenvalue weighted by Gasteiger charge is 1.97. The van der Waals surface area contributed by atoms with E-state index in [1.165, 1.54) is 4.70 Å². The molecule has 0 aliphatic carbocycles. The van der Waals surface area contributed by atoms with Gasteiger partial charge in [-0.1, -0.05) is 31.9 Å². The Labute approximate surface area is 112 Å². The minimum Gasteiger partial charge on any atom is -0.465 e. The Morgan fingerprint density at radius 2 is 2.22 bits per heavy atom. The zero-order chi connectivity index (χ0) is 13.2. The van der Waals surface area contributed by atoms with Gasteiger partial charge >= 0.3 is 0 Å². The van der Waals surface area contributed by atoms with Gasteiger partial charge in [-0.3, -0.25) is 4.79 Å². The molecule has 98 valence electrons. The molecule has 0 aliphatic rings. The van der Waals surface area contributed by atoms with Crippen LogP contribution in [0.3, 0.4) is 0 Å². The van der Waals surface area contributed by atoms with Gasteiger partial charge in [0, 0.05) is 0 Å². The van der Waals surface area contributed by atoms with E-state index in [1.54, 1.807) is 11.3 Å². The fraction of sp³-hybridized carbons (Fsp3) is 0.429. The number of nitrogens with zero attached hydrogens (tertiary/aromatic N) is 1. The van der Waals surface area contributed by atoms with Crippen molar-refractivity contribution in [2.75, 3.05) is 0 Å². The molecule has 0 saturated heterocycles. The fourth-order valence-corrected chi connectivity index (χ4v) is 2.14. The second kappa shape index (κ2) is 8.64. The van der Waals surface area contributed by atoms with Gasteiger partial charge in [-0.15, -0.1) is 11.3 Å². The molecule has 1 aromatic carbocycles. The summed E-state index contributed by atoms with van der Waals surface area (Å²) < 4.78 is 5.92. The maximum Gasteiger partial charge on any atom is 0.293 e. The van der Waals surface area contributed by atoms with Gasteiger partial charge in [-0.25, -0.2) is 4.98 Å². The molecule has 0 aliphatic heterocycles. The van der Waals surface area contributed by atoms with E-state index in [0.29, 0.717) is 6.47 Å². The van der Waals surface area contributed by atoms with Crippen LogP contribution in [0.15, 0.2) is 29.8 Å². The van der Waals surface area contributed by atoms with E-state index in [2.05, 4.69) is 22.7 Å². The van der Waals surface area contributed by atoms with Crippen molar-refractivity contribution in [3.63, 3.8) is 0 Å². The predicted molar refractivity (Wildman–Crippen MR) is 75.8 cm³/mol. The van der Waals surface area contributed by atoms with Crippen molar-refractivity contribution >= 4 is 28.0 Å². The van der Waals surface area contributed by atoms with E-state index in [0.717, 1.165) is 24.8 Å². The van der Waals surface area contributed by atoms with E-state index >= 15 is 0 Å². The predicted octanol–water partition coefficient (Wildman–Crippen LogP) is 4.03. The van der Waals surface area contributed by atoms with Crippen LogP contribution >= 0.6 is 11.3 Å². The van der Waals surface area contributed by atoms with E-state index in [4.69, 9.17) is 0 Å². The molecule has 0 amide bonds. The van der Waals surface area contributed by atoms with Crippen molar-refractivity contribution in [1.29, 1.82) is 0 Å². The van der Waals surface area contributed by atoms with Crippen LogP contribution in [-0.2, 0) is 9.53 Å². The molecular weight excluding hydrogens is 246 g/mol. The van der Waals surface area contributed by atoms with Crippen LogP contribution in [0.2, 0.25) is 0 Å². The van der Waals surface area contributed by atoms with Gasteiger partial charge in [0.1, 0.15) is 0 Å². The SMILES string of the molecule is CCCCC(C)OC=O.c1ccc2scnc2c1. The van der Waals surface area contributed by atoms with Gasteiger partial charge in [0.15, 0.2) is 0 Å². The molecule has 1 atom stereocenters. The van der Waals surface area contributed by atoms with Gasteiger partial charge in [-0.05, 0) is 25.5 Å². The van der Waals surface area contributed by atoms with Crippen LogP contribution in [0.5, 0.6) is 0 Å². The van der Waals surface area contributed by atoms with Crippen LogP contribution in [0.4, 0.5) is 0 Å². The van der Waals surface area contributed by atoms with Crippen molar-refractivity contribution in [3.05, 3.63) is 29.8 Å². The van der Waals surface area contributed by atoms with Crippen LogP contribution in [0.25, 0.3) is 10.2 Å². The Hall–Kier alpha value is -1.42. The lowest BCUT2D eigenvalue weighted by atomic mass is 10.2. The van der Waals surface area contributed by atoms with Gasteiger partial charge in [0.05, 0.1) is 21.8 Å². The van der Waals surface area contributed by atoms with E-state index in [1.807, 2.05) is 30.6 Å². The van der Waals surface area contributed by atoms with E-state index < -0.39 is 0 Å². The number of carbonyl (C=O) groups is 1. The number of hydrogen-bond donors (Lipinski definition) is 0. The number of ether oxygens (including phenoxy) is 1. The Kier molecular flexibility index (Phi) is 7.03. The molecule has 3 nitrogen and oxygen atoms in total. The molecular formula is C14H19NO2S. The van der Waals surface area contributed by atoms with Crippen LogP contribution in [-0.4, -0.2) is 17.6 Å². The molecule has 1 heterocycles. The van der Waals surface area contributed by atoms with Crippen molar-refractivity contribution in [1.82, 2.24) is 4.98 Å². The maximum atomic E-state index is 9.76. The molecule has 1 aromatic heterocycles. The molecule has 0 N–H and O–H groups in total. The van der Waals surface area contributed by atoms with Gasteiger partial charge in [0.2, 0.25) is 0 Å². The average molecular weight is 265 g/mol. The third-order valence-electron chi connectivity index (χ3n) is 2.49. The molecule has 0 saturated carbocycles. The quantitative estimate of drug-likeness (QED) is 0.766. The fourth-order valence-electron chi connectivity index (χ4n) is 1.46. The van der Waals surface area contributed by atoms with Crippen LogP contribution in [0.1, 0.15) is 33.1 Å². The largest absolute Gasteiger partial charge is 0.465 e. The number of benzene rings is 1. The standard InChI is InChI=1S/C7H5NS.C7H14O2/c1-2-4-7-6(3-1)8-5-9-7;1-3-4-5-7(2)9-6-8/h1-5H;6-7H,3-5H2,1-2H3. The summed E-state index contributed by atoms with van der Waals surface area (Å²) in [5, 5.41) is 0. The van der Waals surface area contributed by atoms with Crippen LogP contribution in [0, 0.1) is 0 Å². The number of para-hydroxylation sites is 1. The number of rotatable bonds is 5. The summed E-state index contributed by atoms with van der Waals surface area (Å²) in [6.07, 6.45) is 3.37. The molecule has 0 fully saturated rings. The highest BCUT2D eigenvalue weighted by atomic mass is 32.1. The lowest BCUT2D eigenvalue weighted by Crippen LogP contribution is -2.05. The third kappa shape index (κ3) is 5.27. The number of carbonyl (C=O) groups excluding carboxylic acids is 1. The minimum absolute atomic E-state index is 0.0995. The Morgan fingerprint density at radius 1 is 1.44 bits per heavy atom. The van der Waals surface area contributed by atoms with Gasteiger partial charge < -0.3 is 4.74 Å². The first-order valence-corrected chi connectivity index (χ1v) is 7.03. The minimum atomic E-state index is 0.0995. The number of fused-ring (bicyclic) bond motifs is 1. The van der Waals surface area contributed by atoms with E-state index in [9.17, 15) is 4.79 Å². The normalized spacial score (nSPS) is 11.4. The molecule has 0 radical (unpaired) electrons. The summed E-state index contributed by atoms with van der Waals surface area (Å²) in [6.45, 7) is 4.54. The molecule has 2 rings (SSSR count). The summed E-state index contributed by atoms with van der Waals surface area (Å²) >= 11 is 1.68. The molecule has 4 heteroatoms. The first kappa shape index (κ1) is 14.6. The van der Waals surface area contributed by atoms with Gasteiger partial charge in [-0.2, -0.15) is 0 Å². The number of thiazole rings is 1. The molecule has 0 bridgehead atoms. The van der Waals surface area contributed by atoms with Crippen molar-refractivity contribution in [2.24, 2.45) is 0 Å². The second-order valence-corrected chi connectivity index (χ2v) is 4.89. The first-order chi connectivity index (χ1) is 8.77. The summed E-state index contributed by atoms with van der Waals surface area (Å²) in [6, 6.07) is 8.13.